The van der Waals surface area contributed by atoms with Gasteiger partial charge in [0.25, 0.3) is 5.56 Å². The molecule has 0 radical (unpaired) electrons. The highest BCUT2D eigenvalue weighted by atomic mass is 16.4. The number of nitrogens with zero attached hydrogens (tertiary/aromatic N) is 1. The monoisotopic (exact) mass is 246 g/mol. The van der Waals surface area contributed by atoms with Crippen molar-refractivity contribution in [2.45, 2.75) is 0 Å². The number of rotatable bonds is 4. The van der Waals surface area contributed by atoms with Gasteiger partial charge < -0.3 is 5.11 Å². The topological polar surface area (TPSA) is 107 Å². The number of carbonyl (C=O) groups is 1. The van der Waals surface area contributed by atoms with Gasteiger partial charge in [-0.1, -0.05) is 18.2 Å². The van der Waals surface area contributed by atoms with E-state index in [1.807, 2.05) is 30.3 Å². The first kappa shape index (κ1) is 11.6. The fraction of sp³-hybridized carbons (Fsp3) is 0. The molecule has 7 heteroatoms. The number of hydrogen-bond donors (Lipinski definition) is 4. The molecule has 0 atom stereocenters. The first-order valence-electron chi connectivity index (χ1n) is 5.06. The first-order valence-corrected chi connectivity index (χ1v) is 5.06. The average Bonchev–Trinajstić information content (AvgIpc) is 2.37. The molecule has 1 aromatic heterocycles. The Bertz CT molecular complexity index is 609. The highest BCUT2D eigenvalue weighted by Crippen LogP contribution is 2.04. The van der Waals surface area contributed by atoms with E-state index < -0.39 is 17.1 Å². The molecule has 4 N–H and O–H groups in total. The van der Waals surface area contributed by atoms with Crippen molar-refractivity contribution in [3.05, 3.63) is 52.4 Å². The lowest BCUT2D eigenvalue weighted by Crippen LogP contribution is -2.21. The van der Waals surface area contributed by atoms with Crippen LogP contribution in [0, 0.1) is 0 Å². The minimum absolute atomic E-state index is 0.133. The summed E-state index contributed by atoms with van der Waals surface area (Å²) in [5.41, 5.74) is 5.13. The fourth-order valence-corrected chi connectivity index (χ4v) is 1.26. The molecule has 2 rings (SSSR count). The minimum Gasteiger partial charge on any atom is -0.477 e. The molecule has 18 heavy (non-hydrogen) atoms. The Morgan fingerprint density at radius 2 is 1.94 bits per heavy atom. The van der Waals surface area contributed by atoms with Crippen molar-refractivity contribution < 1.29 is 9.90 Å². The third-order valence-corrected chi connectivity index (χ3v) is 2.13. The highest BCUT2D eigenvalue weighted by molar-refractivity contribution is 5.86. The van der Waals surface area contributed by atoms with Crippen LogP contribution < -0.4 is 16.4 Å². The predicted molar refractivity (Wildman–Crippen MR) is 65.5 cm³/mol. The molecule has 1 aromatic carbocycles. The van der Waals surface area contributed by atoms with E-state index in [2.05, 4.69) is 20.8 Å². The molecule has 0 amide bonds. The molecule has 0 unspecified atom stereocenters. The lowest BCUT2D eigenvalue weighted by Gasteiger charge is -2.07. The van der Waals surface area contributed by atoms with E-state index in [1.54, 1.807) is 0 Å². The number of hydrazine groups is 1. The van der Waals surface area contributed by atoms with E-state index in [0.29, 0.717) is 0 Å². The van der Waals surface area contributed by atoms with Gasteiger partial charge >= 0.3 is 5.97 Å². The number of aromatic amines is 1. The van der Waals surface area contributed by atoms with Gasteiger partial charge in [-0.2, -0.15) is 0 Å². The highest BCUT2D eigenvalue weighted by Gasteiger charge is 2.09. The van der Waals surface area contributed by atoms with Gasteiger partial charge in [0.2, 0.25) is 5.95 Å². The van der Waals surface area contributed by atoms with Gasteiger partial charge in [0.1, 0.15) is 5.56 Å². The second kappa shape index (κ2) is 5.00. The Balaban J connectivity index is 2.09. The number of anilines is 2. The summed E-state index contributed by atoms with van der Waals surface area (Å²) >= 11 is 0. The molecule has 0 bridgehead atoms. The second-order valence-corrected chi connectivity index (χ2v) is 3.40. The summed E-state index contributed by atoms with van der Waals surface area (Å²) in [5, 5.41) is 8.67. The Morgan fingerprint density at radius 3 is 2.56 bits per heavy atom. The molecular weight excluding hydrogens is 236 g/mol. The van der Waals surface area contributed by atoms with Crippen molar-refractivity contribution in [2.24, 2.45) is 0 Å². The molecule has 0 spiro atoms. The van der Waals surface area contributed by atoms with Crippen LogP contribution in [0.25, 0.3) is 0 Å². The molecule has 0 aliphatic carbocycles. The molecule has 0 saturated heterocycles. The number of carboxylic acids is 1. The molecule has 0 saturated carbocycles. The van der Waals surface area contributed by atoms with E-state index in [1.165, 1.54) is 0 Å². The smallest absolute Gasteiger partial charge is 0.342 e. The fourth-order valence-electron chi connectivity index (χ4n) is 1.26. The van der Waals surface area contributed by atoms with Crippen LogP contribution in [0.1, 0.15) is 10.4 Å². The normalized spacial score (nSPS) is 9.78. The number of benzene rings is 1. The van der Waals surface area contributed by atoms with Crippen molar-refractivity contribution >= 4 is 17.6 Å². The van der Waals surface area contributed by atoms with Gasteiger partial charge in [-0.25, -0.2) is 9.78 Å². The Hall–Kier alpha value is -2.83. The molecule has 0 aliphatic heterocycles. The maximum absolute atomic E-state index is 11.3. The molecule has 0 fully saturated rings. The molecule has 2 aromatic rings. The summed E-state index contributed by atoms with van der Waals surface area (Å²) in [6, 6.07) is 9.18. The van der Waals surface area contributed by atoms with E-state index in [-0.39, 0.29) is 5.95 Å². The summed E-state index contributed by atoms with van der Waals surface area (Å²) < 4.78 is 0. The lowest BCUT2D eigenvalue weighted by molar-refractivity contribution is 0.0694. The van der Waals surface area contributed by atoms with Gasteiger partial charge in [0.15, 0.2) is 0 Å². The van der Waals surface area contributed by atoms with E-state index in [0.717, 1.165) is 11.9 Å². The molecule has 7 nitrogen and oxygen atoms in total. The number of H-pyrrole nitrogens is 1. The van der Waals surface area contributed by atoms with Crippen LogP contribution in [-0.4, -0.2) is 21.0 Å². The average molecular weight is 246 g/mol. The van der Waals surface area contributed by atoms with Crippen molar-refractivity contribution in [2.75, 3.05) is 10.9 Å². The van der Waals surface area contributed by atoms with E-state index >= 15 is 0 Å². The van der Waals surface area contributed by atoms with E-state index in [9.17, 15) is 9.59 Å². The van der Waals surface area contributed by atoms with Crippen molar-refractivity contribution in [3.8, 4) is 0 Å². The Morgan fingerprint density at radius 1 is 1.22 bits per heavy atom. The number of nitrogens with one attached hydrogen (secondary N) is 3. The van der Waals surface area contributed by atoms with Crippen LogP contribution >= 0.6 is 0 Å². The van der Waals surface area contributed by atoms with Crippen LogP contribution in [0.4, 0.5) is 11.6 Å². The molecular formula is C11H10N4O3. The zero-order valence-corrected chi connectivity index (χ0v) is 9.18. The SMILES string of the molecule is O=C(O)c1cnc(NNc2ccccc2)[nH]c1=O. The van der Waals surface area contributed by atoms with Gasteiger partial charge in [0, 0.05) is 0 Å². The number of aromatic nitrogens is 2. The van der Waals surface area contributed by atoms with Crippen LogP contribution in [0.5, 0.6) is 0 Å². The quantitative estimate of drug-likeness (QED) is 0.597. The largest absolute Gasteiger partial charge is 0.477 e. The second-order valence-electron chi connectivity index (χ2n) is 3.40. The standard InChI is InChI=1S/C11H10N4O3/c16-9-8(10(17)18)6-12-11(13-9)15-14-7-4-2-1-3-5-7/h1-6,14H,(H,17,18)(H2,12,13,15,16). The summed E-state index contributed by atoms with van der Waals surface area (Å²) in [4.78, 5) is 28.0. The zero-order valence-electron chi connectivity index (χ0n) is 9.18. The molecule has 0 aliphatic rings. The number of hydrogen-bond acceptors (Lipinski definition) is 5. The van der Waals surface area contributed by atoms with Gasteiger partial charge in [-0.3, -0.25) is 20.6 Å². The maximum atomic E-state index is 11.3. The lowest BCUT2D eigenvalue weighted by atomic mass is 10.3. The molecule has 92 valence electrons. The third kappa shape index (κ3) is 2.64. The van der Waals surface area contributed by atoms with Gasteiger partial charge in [0.05, 0.1) is 11.9 Å². The molecule has 1 heterocycles. The van der Waals surface area contributed by atoms with Crippen LogP contribution in [0.15, 0.2) is 41.3 Å². The van der Waals surface area contributed by atoms with E-state index in [4.69, 9.17) is 5.11 Å². The van der Waals surface area contributed by atoms with Gasteiger partial charge in [-0.05, 0) is 12.1 Å². The van der Waals surface area contributed by atoms with Crippen molar-refractivity contribution in [3.63, 3.8) is 0 Å². The summed E-state index contributed by atoms with van der Waals surface area (Å²) in [5.74, 6) is -1.18. The van der Waals surface area contributed by atoms with Crippen LogP contribution in [-0.2, 0) is 0 Å². The Labute approximate surface area is 101 Å². The first-order chi connectivity index (χ1) is 8.66. The Kier molecular flexibility index (Phi) is 3.24. The number of carboxylic acid groups (broad SMARTS) is 1. The summed E-state index contributed by atoms with van der Waals surface area (Å²) in [6.45, 7) is 0. The zero-order chi connectivity index (χ0) is 13.0. The number of para-hydroxylation sites is 1. The van der Waals surface area contributed by atoms with Crippen molar-refractivity contribution in [1.29, 1.82) is 0 Å². The van der Waals surface area contributed by atoms with Crippen molar-refractivity contribution in [1.82, 2.24) is 9.97 Å². The van der Waals surface area contributed by atoms with Gasteiger partial charge in [-0.15, -0.1) is 0 Å². The van der Waals surface area contributed by atoms with Crippen LogP contribution in [0.3, 0.4) is 0 Å². The maximum Gasteiger partial charge on any atom is 0.342 e. The third-order valence-electron chi connectivity index (χ3n) is 2.13. The van der Waals surface area contributed by atoms with Crippen LogP contribution in [0.2, 0.25) is 0 Å². The number of aromatic carboxylic acids is 1. The predicted octanol–water partition coefficient (Wildman–Crippen LogP) is 0.907. The summed E-state index contributed by atoms with van der Waals surface area (Å²) in [7, 11) is 0. The summed E-state index contributed by atoms with van der Waals surface area (Å²) in [6.07, 6.45) is 0.996. The minimum atomic E-state index is -1.31.